The molecule has 9 heteroatoms. The number of hydrogen-bond donors (Lipinski definition) is 0. The van der Waals surface area contributed by atoms with E-state index in [1.54, 1.807) is 19.3 Å². The van der Waals surface area contributed by atoms with Crippen molar-refractivity contribution in [3.63, 3.8) is 0 Å². The summed E-state index contributed by atoms with van der Waals surface area (Å²) in [5.74, 6) is 0.277. The molecule has 1 atom stereocenters. The van der Waals surface area contributed by atoms with Crippen molar-refractivity contribution in [3.05, 3.63) is 36.2 Å². The van der Waals surface area contributed by atoms with E-state index in [2.05, 4.69) is 10.1 Å². The lowest BCUT2D eigenvalue weighted by molar-refractivity contribution is -0.134. The molecule has 2 aromatic heterocycles. The highest BCUT2D eigenvalue weighted by Gasteiger charge is 2.37. The third-order valence-electron chi connectivity index (χ3n) is 4.17. The second kappa shape index (κ2) is 6.93. The Hall–Kier alpha value is -2.26. The number of carbonyl (C=O) groups is 1. The molecule has 0 bridgehead atoms. The molecule has 3 heterocycles. The first-order valence-electron chi connectivity index (χ1n) is 7.95. The Morgan fingerprint density at radius 3 is 2.88 bits per heavy atom. The first kappa shape index (κ1) is 17.6. The van der Waals surface area contributed by atoms with Crippen molar-refractivity contribution in [1.29, 1.82) is 0 Å². The molecule has 134 valence electrons. The van der Waals surface area contributed by atoms with Crippen LogP contribution in [0.3, 0.4) is 0 Å². The Morgan fingerprint density at radius 2 is 2.20 bits per heavy atom. The van der Waals surface area contributed by atoms with Crippen molar-refractivity contribution in [1.82, 2.24) is 19.3 Å². The fourth-order valence-corrected chi connectivity index (χ4v) is 4.09. The molecule has 0 N–H and O–H groups in total. The van der Waals surface area contributed by atoms with Crippen LogP contribution in [-0.4, -0.2) is 59.6 Å². The molecule has 1 amide bonds. The highest BCUT2D eigenvalue weighted by atomic mass is 32.2. The van der Waals surface area contributed by atoms with Gasteiger partial charge in [0.1, 0.15) is 11.7 Å². The zero-order chi connectivity index (χ0) is 18.0. The molecule has 25 heavy (non-hydrogen) atoms. The second-order valence-corrected chi connectivity index (χ2v) is 8.05. The predicted molar refractivity (Wildman–Crippen MR) is 90.8 cm³/mol. The number of carbonyl (C=O) groups excluding carboxylic acids is 1. The SMILES string of the molecule is CN(Cc1cc(-c2ccccn2)no1)C(=O)[C@@H]1CCCN1S(C)(=O)=O. The zero-order valence-electron chi connectivity index (χ0n) is 14.1. The first-order chi connectivity index (χ1) is 11.9. The summed E-state index contributed by atoms with van der Waals surface area (Å²) in [7, 11) is -1.76. The lowest BCUT2D eigenvalue weighted by atomic mass is 10.2. The van der Waals surface area contributed by atoms with Gasteiger partial charge in [-0.15, -0.1) is 0 Å². The smallest absolute Gasteiger partial charge is 0.241 e. The van der Waals surface area contributed by atoms with Gasteiger partial charge in [0.2, 0.25) is 15.9 Å². The van der Waals surface area contributed by atoms with Crippen LogP contribution in [0.2, 0.25) is 0 Å². The van der Waals surface area contributed by atoms with Gasteiger partial charge < -0.3 is 9.42 Å². The predicted octanol–water partition coefficient (Wildman–Crippen LogP) is 1.12. The number of nitrogens with zero attached hydrogens (tertiary/aromatic N) is 4. The number of likely N-dealkylation sites (N-methyl/N-ethyl adjacent to an activating group) is 1. The molecule has 0 saturated carbocycles. The van der Waals surface area contributed by atoms with Crippen LogP contribution in [0, 0.1) is 0 Å². The monoisotopic (exact) mass is 364 g/mol. The Balaban J connectivity index is 1.69. The minimum Gasteiger partial charge on any atom is -0.359 e. The number of amides is 1. The second-order valence-electron chi connectivity index (χ2n) is 6.12. The van der Waals surface area contributed by atoms with Crippen LogP contribution < -0.4 is 0 Å². The molecule has 8 nitrogen and oxygen atoms in total. The average Bonchev–Trinajstić information content (AvgIpc) is 3.24. The van der Waals surface area contributed by atoms with Gasteiger partial charge >= 0.3 is 0 Å². The molecule has 0 radical (unpaired) electrons. The van der Waals surface area contributed by atoms with Gasteiger partial charge in [0.25, 0.3) is 0 Å². The molecule has 0 spiro atoms. The fraction of sp³-hybridized carbons (Fsp3) is 0.438. The van der Waals surface area contributed by atoms with Gasteiger partial charge in [-0.05, 0) is 25.0 Å². The van der Waals surface area contributed by atoms with Crippen LogP contribution in [0.1, 0.15) is 18.6 Å². The van der Waals surface area contributed by atoms with Gasteiger partial charge in [-0.2, -0.15) is 4.31 Å². The number of aromatic nitrogens is 2. The summed E-state index contributed by atoms with van der Waals surface area (Å²) in [6.07, 6.45) is 4.02. The van der Waals surface area contributed by atoms with E-state index in [9.17, 15) is 13.2 Å². The van der Waals surface area contributed by atoms with E-state index in [4.69, 9.17) is 4.52 Å². The summed E-state index contributed by atoms with van der Waals surface area (Å²) in [6.45, 7) is 0.599. The van der Waals surface area contributed by atoms with Crippen LogP contribution in [0.15, 0.2) is 35.0 Å². The zero-order valence-corrected chi connectivity index (χ0v) is 14.9. The summed E-state index contributed by atoms with van der Waals surface area (Å²) in [6, 6.07) is 6.57. The molecule has 0 aromatic carbocycles. The van der Waals surface area contributed by atoms with E-state index in [-0.39, 0.29) is 12.5 Å². The molecule has 2 aromatic rings. The number of rotatable bonds is 5. The summed E-state index contributed by atoms with van der Waals surface area (Å²) in [5.41, 5.74) is 1.28. The Labute approximate surface area is 146 Å². The standard InChI is InChI=1S/C16H20N4O4S/c1-19(16(21)15-7-5-9-20(15)25(2,22)23)11-12-10-14(18-24-12)13-6-3-4-8-17-13/h3-4,6,8,10,15H,5,7,9,11H2,1-2H3/t15-/m0/s1. The maximum Gasteiger partial charge on any atom is 0.241 e. The average molecular weight is 364 g/mol. The van der Waals surface area contributed by atoms with Crippen molar-refractivity contribution in [3.8, 4) is 11.4 Å². The summed E-state index contributed by atoms with van der Waals surface area (Å²) < 4.78 is 30.2. The van der Waals surface area contributed by atoms with E-state index >= 15 is 0 Å². The van der Waals surface area contributed by atoms with Crippen molar-refractivity contribution >= 4 is 15.9 Å². The third kappa shape index (κ3) is 3.88. The van der Waals surface area contributed by atoms with Gasteiger partial charge in [-0.1, -0.05) is 11.2 Å². The van der Waals surface area contributed by atoms with E-state index in [0.717, 1.165) is 6.26 Å². The van der Waals surface area contributed by atoms with Crippen molar-refractivity contribution in [2.75, 3.05) is 19.8 Å². The Morgan fingerprint density at radius 1 is 1.40 bits per heavy atom. The summed E-state index contributed by atoms with van der Waals surface area (Å²) >= 11 is 0. The fourth-order valence-electron chi connectivity index (χ4n) is 2.97. The number of sulfonamides is 1. The molecule has 1 aliphatic heterocycles. The van der Waals surface area contributed by atoms with Crippen LogP contribution >= 0.6 is 0 Å². The summed E-state index contributed by atoms with van der Waals surface area (Å²) in [4.78, 5) is 18.3. The maximum absolute atomic E-state index is 12.6. The molecule has 0 aliphatic carbocycles. The Kier molecular flexibility index (Phi) is 4.87. The van der Waals surface area contributed by atoms with Gasteiger partial charge in [0, 0.05) is 25.9 Å². The molecular formula is C16H20N4O4S. The quantitative estimate of drug-likeness (QED) is 0.789. The minimum absolute atomic E-state index is 0.215. The highest BCUT2D eigenvalue weighted by Crippen LogP contribution is 2.23. The minimum atomic E-state index is -3.39. The molecule has 1 aliphatic rings. The van der Waals surface area contributed by atoms with E-state index in [1.165, 1.54) is 9.21 Å². The van der Waals surface area contributed by atoms with E-state index < -0.39 is 16.1 Å². The highest BCUT2D eigenvalue weighted by molar-refractivity contribution is 7.88. The lowest BCUT2D eigenvalue weighted by Gasteiger charge is -2.25. The van der Waals surface area contributed by atoms with Crippen LogP contribution in [0.4, 0.5) is 0 Å². The van der Waals surface area contributed by atoms with Gasteiger partial charge in [-0.25, -0.2) is 8.42 Å². The van der Waals surface area contributed by atoms with Gasteiger partial charge in [0.05, 0.1) is 18.5 Å². The van der Waals surface area contributed by atoms with Crippen molar-refractivity contribution < 1.29 is 17.7 Å². The van der Waals surface area contributed by atoms with Gasteiger partial charge in [0.15, 0.2) is 5.76 Å². The van der Waals surface area contributed by atoms with Crippen LogP contribution in [0.25, 0.3) is 11.4 Å². The Bertz CT molecular complexity index is 850. The number of hydrogen-bond acceptors (Lipinski definition) is 6. The lowest BCUT2D eigenvalue weighted by Crippen LogP contribution is -2.45. The van der Waals surface area contributed by atoms with Crippen LogP contribution in [0.5, 0.6) is 0 Å². The molecular weight excluding hydrogens is 344 g/mol. The number of pyridine rings is 1. The summed E-state index contributed by atoms with van der Waals surface area (Å²) in [5, 5.41) is 3.97. The van der Waals surface area contributed by atoms with E-state index in [0.29, 0.717) is 36.5 Å². The molecule has 3 rings (SSSR count). The molecule has 1 saturated heterocycles. The molecule has 0 unspecified atom stereocenters. The maximum atomic E-state index is 12.6. The van der Waals surface area contributed by atoms with Crippen molar-refractivity contribution in [2.45, 2.75) is 25.4 Å². The molecule has 1 fully saturated rings. The van der Waals surface area contributed by atoms with Crippen LogP contribution in [-0.2, 0) is 21.4 Å². The normalized spacial score (nSPS) is 18.4. The largest absolute Gasteiger partial charge is 0.359 e. The van der Waals surface area contributed by atoms with Crippen molar-refractivity contribution in [2.24, 2.45) is 0 Å². The van der Waals surface area contributed by atoms with E-state index in [1.807, 2.05) is 18.2 Å². The first-order valence-corrected chi connectivity index (χ1v) is 9.80. The third-order valence-corrected chi connectivity index (χ3v) is 5.46. The van der Waals surface area contributed by atoms with Gasteiger partial charge in [-0.3, -0.25) is 9.78 Å². The topological polar surface area (TPSA) is 96.6 Å².